The van der Waals surface area contributed by atoms with Gasteiger partial charge in [-0.1, -0.05) is 36.4 Å². The SMILES string of the molecule is COc1cc(C(=O)Nc2ccccc2)c2c(c1C)OC(=O)c1c(C)cc(O)c(/C=N/c3ccccc3)c1O2. The van der Waals surface area contributed by atoms with Gasteiger partial charge in [-0.25, -0.2) is 4.79 Å². The number of carbonyl (C=O) groups excluding carboxylic acids is 2. The molecule has 0 spiro atoms. The molecule has 0 saturated carbocycles. The largest absolute Gasteiger partial charge is 0.507 e. The molecule has 4 aromatic carbocycles. The number of aryl methyl sites for hydroxylation is 1. The number of para-hydroxylation sites is 2. The lowest BCUT2D eigenvalue weighted by Crippen LogP contribution is -2.14. The number of nitrogens with zero attached hydrogens (tertiary/aromatic N) is 1. The molecule has 8 heteroatoms. The summed E-state index contributed by atoms with van der Waals surface area (Å²) in [6.07, 6.45) is 1.42. The number of benzene rings is 4. The fourth-order valence-electron chi connectivity index (χ4n) is 4.20. The highest BCUT2D eigenvalue weighted by molar-refractivity contribution is 6.09. The molecule has 0 aromatic heterocycles. The molecule has 1 aliphatic heterocycles. The molecule has 0 bridgehead atoms. The average Bonchev–Trinajstić information content (AvgIpc) is 3.07. The summed E-state index contributed by atoms with van der Waals surface area (Å²) in [7, 11) is 1.46. The van der Waals surface area contributed by atoms with Crippen molar-refractivity contribution in [2.45, 2.75) is 13.8 Å². The fourth-order valence-corrected chi connectivity index (χ4v) is 4.20. The quantitative estimate of drug-likeness (QED) is 0.185. The van der Waals surface area contributed by atoms with E-state index >= 15 is 0 Å². The molecule has 8 nitrogen and oxygen atoms in total. The number of esters is 1. The van der Waals surface area contributed by atoms with Gasteiger partial charge in [-0.15, -0.1) is 0 Å². The maximum Gasteiger partial charge on any atom is 0.347 e. The maximum absolute atomic E-state index is 13.4. The fraction of sp³-hybridized carbons (Fsp3) is 0.100. The summed E-state index contributed by atoms with van der Waals surface area (Å²) in [5.41, 5.74) is 2.48. The number of rotatable bonds is 5. The zero-order chi connectivity index (χ0) is 26.8. The zero-order valence-corrected chi connectivity index (χ0v) is 20.9. The van der Waals surface area contributed by atoms with Crippen molar-refractivity contribution in [3.8, 4) is 28.7 Å². The minimum absolute atomic E-state index is 0.0168. The molecule has 4 aromatic rings. The van der Waals surface area contributed by atoms with Crippen LogP contribution >= 0.6 is 0 Å². The molecule has 0 aliphatic carbocycles. The Labute approximate surface area is 219 Å². The van der Waals surface area contributed by atoms with Crippen LogP contribution in [0.5, 0.6) is 28.7 Å². The van der Waals surface area contributed by atoms with Crippen molar-refractivity contribution in [1.29, 1.82) is 0 Å². The van der Waals surface area contributed by atoms with Gasteiger partial charge in [0, 0.05) is 17.5 Å². The van der Waals surface area contributed by atoms with Crippen LogP contribution in [0.1, 0.15) is 37.4 Å². The average molecular weight is 509 g/mol. The highest BCUT2D eigenvalue weighted by Crippen LogP contribution is 2.48. The predicted molar refractivity (Wildman–Crippen MR) is 144 cm³/mol. The zero-order valence-electron chi connectivity index (χ0n) is 20.9. The lowest BCUT2D eigenvalue weighted by atomic mass is 10.0. The van der Waals surface area contributed by atoms with E-state index in [-0.39, 0.29) is 39.7 Å². The number of hydrogen-bond donors (Lipinski definition) is 2. The van der Waals surface area contributed by atoms with E-state index in [1.54, 1.807) is 50.2 Å². The molecule has 5 rings (SSSR count). The number of methoxy groups -OCH3 is 1. The summed E-state index contributed by atoms with van der Waals surface area (Å²) in [6, 6.07) is 21.0. The standard InChI is InChI=1S/C30H24N2O6/c1-17-14-23(33)22(16-31-19-10-6-4-7-11-19)27-25(17)30(35)38-26-18(2)24(36-3)15-21(28(26)37-27)29(34)32-20-12-8-5-9-13-20/h4-16,33H,1-3H3,(H,32,34)/b31-16+. The second kappa shape index (κ2) is 10.1. The van der Waals surface area contributed by atoms with E-state index in [2.05, 4.69) is 10.3 Å². The smallest absolute Gasteiger partial charge is 0.347 e. The minimum atomic E-state index is -0.698. The number of phenols is 1. The first-order valence-corrected chi connectivity index (χ1v) is 11.8. The number of amides is 1. The third-order valence-electron chi connectivity index (χ3n) is 6.13. The van der Waals surface area contributed by atoms with Crippen LogP contribution in [-0.2, 0) is 0 Å². The first-order chi connectivity index (χ1) is 18.4. The van der Waals surface area contributed by atoms with Crippen molar-refractivity contribution >= 4 is 29.5 Å². The van der Waals surface area contributed by atoms with Crippen LogP contribution in [0.2, 0.25) is 0 Å². The lowest BCUT2D eigenvalue weighted by Gasteiger charge is -2.18. The van der Waals surface area contributed by atoms with E-state index in [0.717, 1.165) is 0 Å². The van der Waals surface area contributed by atoms with Gasteiger partial charge in [0.05, 0.1) is 23.9 Å². The van der Waals surface area contributed by atoms with Crippen molar-refractivity contribution in [2.24, 2.45) is 4.99 Å². The van der Waals surface area contributed by atoms with Crippen LogP contribution in [0.3, 0.4) is 0 Å². The first kappa shape index (κ1) is 24.6. The molecule has 0 saturated heterocycles. The number of nitrogens with one attached hydrogen (secondary N) is 1. The van der Waals surface area contributed by atoms with Crippen molar-refractivity contribution in [3.05, 3.63) is 101 Å². The topological polar surface area (TPSA) is 106 Å². The third kappa shape index (κ3) is 4.55. The molecule has 1 heterocycles. The summed E-state index contributed by atoms with van der Waals surface area (Å²) < 4.78 is 17.6. The Morgan fingerprint density at radius 1 is 0.947 bits per heavy atom. The van der Waals surface area contributed by atoms with Crippen molar-refractivity contribution < 1.29 is 28.9 Å². The Kier molecular flexibility index (Phi) is 6.53. The van der Waals surface area contributed by atoms with Gasteiger partial charge in [-0.05, 0) is 55.8 Å². The molecular formula is C30H24N2O6. The van der Waals surface area contributed by atoms with Gasteiger partial charge in [0.2, 0.25) is 0 Å². The monoisotopic (exact) mass is 508 g/mol. The van der Waals surface area contributed by atoms with E-state index in [4.69, 9.17) is 14.2 Å². The summed E-state index contributed by atoms with van der Waals surface area (Å²) in [5.74, 6) is -0.897. The van der Waals surface area contributed by atoms with Crippen LogP contribution < -0.4 is 19.5 Å². The number of carbonyl (C=O) groups is 2. The Morgan fingerprint density at radius 3 is 2.32 bits per heavy atom. The van der Waals surface area contributed by atoms with E-state index in [0.29, 0.717) is 28.3 Å². The molecule has 190 valence electrons. The normalized spacial score (nSPS) is 12.1. The molecule has 0 fully saturated rings. The third-order valence-corrected chi connectivity index (χ3v) is 6.13. The number of aromatic hydroxyl groups is 1. The van der Waals surface area contributed by atoms with Crippen LogP contribution in [-0.4, -0.2) is 30.3 Å². The van der Waals surface area contributed by atoms with Gasteiger partial charge in [0.25, 0.3) is 5.91 Å². The van der Waals surface area contributed by atoms with E-state index in [9.17, 15) is 14.7 Å². The summed E-state index contributed by atoms with van der Waals surface area (Å²) in [4.78, 5) is 31.2. The Bertz CT molecular complexity index is 1580. The van der Waals surface area contributed by atoms with Gasteiger partial charge >= 0.3 is 5.97 Å². The summed E-state index contributed by atoms with van der Waals surface area (Å²) in [6.45, 7) is 3.36. The van der Waals surface area contributed by atoms with Gasteiger partial charge in [0.1, 0.15) is 17.1 Å². The second-order valence-electron chi connectivity index (χ2n) is 8.65. The minimum Gasteiger partial charge on any atom is -0.507 e. The number of phenolic OH excluding ortho intramolecular Hbond substituents is 1. The van der Waals surface area contributed by atoms with Crippen LogP contribution in [0.25, 0.3) is 0 Å². The van der Waals surface area contributed by atoms with E-state index in [1.165, 1.54) is 25.5 Å². The van der Waals surface area contributed by atoms with Crippen molar-refractivity contribution in [2.75, 3.05) is 12.4 Å². The highest BCUT2D eigenvalue weighted by Gasteiger charge is 2.34. The Hall–Kier alpha value is -5.11. The van der Waals surface area contributed by atoms with E-state index in [1.807, 2.05) is 24.3 Å². The van der Waals surface area contributed by atoms with Crippen molar-refractivity contribution in [3.63, 3.8) is 0 Å². The summed E-state index contributed by atoms with van der Waals surface area (Å²) in [5, 5.41) is 13.7. The number of ether oxygens (including phenoxy) is 3. The Balaban J connectivity index is 1.69. The lowest BCUT2D eigenvalue weighted by molar-refractivity contribution is 0.0734. The number of anilines is 1. The molecule has 38 heavy (non-hydrogen) atoms. The van der Waals surface area contributed by atoms with Gasteiger partial charge in [0.15, 0.2) is 17.2 Å². The van der Waals surface area contributed by atoms with Crippen LogP contribution in [0, 0.1) is 13.8 Å². The number of aliphatic imine (C=N–C) groups is 1. The molecular weight excluding hydrogens is 484 g/mol. The molecule has 0 unspecified atom stereocenters. The molecule has 1 amide bonds. The van der Waals surface area contributed by atoms with Crippen LogP contribution in [0.15, 0.2) is 77.8 Å². The number of fused-ring (bicyclic) bond motifs is 2. The van der Waals surface area contributed by atoms with Gasteiger partial charge in [-0.3, -0.25) is 9.79 Å². The first-order valence-electron chi connectivity index (χ1n) is 11.8. The van der Waals surface area contributed by atoms with Gasteiger partial charge in [-0.2, -0.15) is 0 Å². The van der Waals surface area contributed by atoms with E-state index < -0.39 is 11.9 Å². The second-order valence-corrected chi connectivity index (χ2v) is 8.65. The molecule has 0 atom stereocenters. The van der Waals surface area contributed by atoms with Crippen LogP contribution in [0.4, 0.5) is 11.4 Å². The van der Waals surface area contributed by atoms with Crippen molar-refractivity contribution in [1.82, 2.24) is 0 Å². The predicted octanol–water partition coefficient (Wildman–Crippen LogP) is 6.35. The summed E-state index contributed by atoms with van der Waals surface area (Å²) >= 11 is 0. The highest BCUT2D eigenvalue weighted by atomic mass is 16.6. The molecule has 1 aliphatic rings. The van der Waals surface area contributed by atoms with Gasteiger partial charge < -0.3 is 24.6 Å². The molecule has 2 N–H and O–H groups in total. The Morgan fingerprint density at radius 2 is 1.63 bits per heavy atom. The maximum atomic E-state index is 13.4. The molecule has 0 radical (unpaired) electrons. The number of hydrogen-bond acceptors (Lipinski definition) is 7.